The summed E-state index contributed by atoms with van der Waals surface area (Å²) in [7, 11) is 43.2. The summed E-state index contributed by atoms with van der Waals surface area (Å²) in [6.07, 6.45) is 3.46. The van der Waals surface area contributed by atoms with Crippen LogP contribution in [0.15, 0.2) is 36.8 Å². The van der Waals surface area contributed by atoms with Crippen LogP contribution >= 0.6 is 0 Å². The molecule has 1 N–H and O–H groups in total. The van der Waals surface area contributed by atoms with Gasteiger partial charge in [0, 0.05) is 23.6 Å². The van der Waals surface area contributed by atoms with Crippen LogP contribution < -0.4 is 27.2 Å². The molecule has 0 aliphatic heterocycles. The first-order valence-corrected chi connectivity index (χ1v) is 9.67. The fraction of sp³-hybridized carbons (Fsp3) is 0.100. The molecule has 0 bridgehead atoms. The first-order valence-electron chi connectivity index (χ1n) is 9.67. The zero-order valence-electron chi connectivity index (χ0n) is 17.7. The summed E-state index contributed by atoms with van der Waals surface area (Å²) in [4.78, 5) is 17.1. The summed E-state index contributed by atoms with van der Waals surface area (Å²) in [6, 6.07) is 7.31. The maximum absolute atomic E-state index is 13.0. The molecule has 1 amide bonds. The van der Waals surface area contributed by atoms with E-state index in [1.54, 1.807) is 18.6 Å². The third-order valence-electron chi connectivity index (χ3n) is 5.26. The van der Waals surface area contributed by atoms with Crippen LogP contribution in [0.5, 0.6) is 0 Å². The minimum absolute atomic E-state index is 0.0535. The summed E-state index contributed by atoms with van der Waals surface area (Å²) in [5.74, 6) is -0.524. The molecule has 0 aliphatic rings. The third kappa shape index (κ3) is 4.17. The normalized spacial score (nSPS) is 11.5. The number of benzene rings is 2. The number of nitrogens with zero attached hydrogens (tertiary/aromatic N) is 4. The molecule has 0 aliphatic carbocycles. The maximum Gasteiger partial charge on any atom is 0.255 e. The fourth-order valence-corrected chi connectivity index (χ4v) is 3.62. The Morgan fingerprint density at radius 1 is 0.970 bits per heavy atom. The van der Waals surface area contributed by atoms with Gasteiger partial charge in [-0.25, -0.2) is 4.98 Å². The SMILES string of the molecule is [B]c1c([B])c(C([B])([B])[B])c([B])c([B])c1C(=O)Nc1cc2cc(-c3cncn3C)ccc2nn1. The van der Waals surface area contributed by atoms with Crippen molar-refractivity contribution in [2.24, 2.45) is 7.05 Å². The van der Waals surface area contributed by atoms with E-state index >= 15 is 0 Å². The molecule has 6 nitrogen and oxygen atoms in total. The van der Waals surface area contributed by atoms with Crippen LogP contribution in [0, 0.1) is 0 Å². The number of imidazole rings is 1. The van der Waals surface area contributed by atoms with E-state index in [9.17, 15) is 4.79 Å². The molecule has 13 heteroatoms. The van der Waals surface area contributed by atoms with Crippen LogP contribution in [0.3, 0.4) is 0 Å². The molecule has 0 saturated carbocycles. The van der Waals surface area contributed by atoms with Crippen molar-refractivity contribution in [3.8, 4) is 11.3 Å². The molecule has 0 unspecified atom stereocenters. The van der Waals surface area contributed by atoms with E-state index in [0.717, 1.165) is 16.6 Å². The number of carbonyl (C=O) groups excluding carboxylic acids is 1. The molecule has 4 aromatic rings. The zero-order chi connectivity index (χ0) is 24.1. The van der Waals surface area contributed by atoms with Crippen molar-refractivity contribution in [3.05, 3.63) is 47.9 Å². The molecular formula is C20H10B7N5O. The van der Waals surface area contributed by atoms with E-state index in [2.05, 4.69) is 20.5 Å². The van der Waals surface area contributed by atoms with E-state index in [1.807, 2.05) is 29.8 Å². The average Bonchev–Trinajstić information content (AvgIpc) is 3.17. The van der Waals surface area contributed by atoms with Crippen molar-refractivity contribution >= 4 is 99.4 Å². The average molecular weight is 412 g/mol. The Bertz CT molecular complexity index is 1390. The number of anilines is 1. The lowest BCUT2D eigenvalue weighted by atomic mass is 9.37. The minimum atomic E-state index is -1.90. The van der Waals surface area contributed by atoms with Crippen LogP contribution in [0.4, 0.5) is 5.82 Å². The first-order chi connectivity index (χ1) is 15.5. The Morgan fingerprint density at radius 2 is 1.64 bits per heavy atom. The van der Waals surface area contributed by atoms with E-state index < -0.39 is 11.0 Å². The predicted molar refractivity (Wildman–Crippen MR) is 137 cm³/mol. The number of hydrogen-bond acceptors (Lipinski definition) is 4. The van der Waals surface area contributed by atoms with Gasteiger partial charge in [0.2, 0.25) is 0 Å². The second-order valence-corrected chi connectivity index (χ2v) is 7.68. The van der Waals surface area contributed by atoms with Crippen LogP contribution in [0.25, 0.3) is 22.2 Å². The Hall–Kier alpha value is -3.09. The number of carbonyl (C=O) groups is 1. The maximum atomic E-state index is 13.0. The van der Waals surface area contributed by atoms with E-state index in [-0.39, 0.29) is 38.8 Å². The van der Waals surface area contributed by atoms with Gasteiger partial charge in [0.25, 0.3) is 5.91 Å². The molecule has 14 radical (unpaired) electrons. The quantitative estimate of drug-likeness (QED) is 0.365. The van der Waals surface area contributed by atoms with Gasteiger partial charge >= 0.3 is 0 Å². The van der Waals surface area contributed by atoms with Crippen molar-refractivity contribution in [3.63, 3.8) is 0 Å². The summed E-state index contributed by atoms with van der Waals surface area (Å²) >= 11 is 0. The second-order valence-electron chi connectivity index (χ2n) is 7.68. The van der Waals surface area contributed by atoms with Crippen molar-refractivity contribution in [2.75, 3.05) is 5.32 Å². The number of nitrogens with one attached hydrogen (secondary N) is 1. The smallest absolute Gasteiger partial charge is 0.255 e. The Kier molecular flexibility index (Phi) is 5.85. The lowest BCUT2D eigenvalue weighted by Gasteiger charge is -2.31. The van der Waals surface area contributed by atoms with Gasteiger partial charge in [-0.05, 0) is 18.2 Å². The number of fused-ring (bicyclic) bond motifs is 1. The van der Waals surface area contributed by atoms with E-state index in [1.165, 1.54) is 0 Å². The third-order valence-corrected chi connectivity index (χ3v) is 5.26. The lowest BCUT2D eigenvalue weighted by molar-refractivity contribution is 0.102. The molecule has 142 valence electrons. The van der Waals surface area contributed by atoms with Crippen LogP contribution in [0.2, 0.25) is 0 Å². The molecule has 2 heterocycles. The van der Waals surface area contributed by atoms with Crippen molar-refractivity contribution in [2.45, 2.75) is 5.11 Å². The summed E-state index contributed by atoms with van der Waals surface area (Å²) in [5, 5.41) is 9.65. The van der Waals surface area contributed by atoms with Gasteiger partial charge in [0.05, 0.1) is 47.3 Å². The van der Waals surface area contributed by atoms with Gasteiger partial charge in [0.15, 0.2) is 5.82 Å². The number of amides is 1. The highest BCUT2D eigenvalue weighted by Crippen LogP contribution is 2.24. The molecule has 0 spiro atoms. The summed E-state index contributed by atoms with van der Waals surface area (Å²) in [6.45, 7) is 0. The molecule has 2 aromatic carbocycles. The number of aromatic nitrogens is 4. The van der Waals surface area contributed by atoms with Crippen molar-refractivity contribution in [1.29, 1.82) is 0 Å². The number of hydrogen-bond donors (Lipinski definition) is 1. The van der Waals surface area contributed by atoms with Crippen LogP contribution in [-0.4, -0.2) is 80.6 Å². The molecule has 2 aromatic heterocycles. The predicted octanol–water partition coefficient (Wildman–Crippen LogP) is -2.93. The molecular weight excluding hydrogens is 402 g/mol. The summed E-state index contributed by atoms with van der Waals surface area (Å²) < 4.78 is 1.89. The Balaban J connectivity index is 1.72. The first kappa shape index (κ1) is 23.1. The largest absolute Gasteiger partial charge is 0.334 e. The highest BCUT2D eigenvalue weighted by atomic mass is 16.1. The Labute approximate surface area is 200 Å². The molecule has 0 fully saturated rings. The highest BCUT2D eigenvalue weighted by Gasteiger charge is 2.24. The van der Waals surface area contributed by atoms with Gasteiger partial charge in [0.1, 0.15) is 31.4 Å². The van der Waals surface area contributed by atoms with Crippen molar-refractivity contribution in [1.82, 2.24) is 19.7 Å². The lowest BCUT2D eigenvalue weighted by Crippen LogP contribution is -2.54. The fourth-order valence-electron chi connectivity index (χ4n) is 3.62. The van der Waals surface area contributed by atoms with Crippen molar-refractivity contribution < 1.29 is 4.79 Å². The Morgan fingerprint density at radius 3 is 2.21 bits per heavy atom. The molecule has 33 heavy (non-hydrogen) atoms. The van der Waals surface area contributed by atoms with Gasteiger partial charge in [-0.15, -0.1) is 26.2 Å². The van der Waals surface area contributed by atoms with E-state index in [4.69, 9.17) is 54.9 Å². The van der Waals surface area contributed by atoms with Crippen LogP contribution in [-0.2, 0) is 12.2 Å². The highest BCUT2D eigenvalue weighted by molar-refractivity contribution is 6.66. The topological polar surface area (TPSA) is 72.7 Å². The standard InChI is InChI=1S/C20H10B7N5O/c1-32-7-28-6-11(32)8-2-3-10-9(4-8)5-12(31-30-10)29-19(33)13-15(21)17(23)14(20(25,26)27)18(24)16(13)22/h2-7H,1H3,(H,29,31,33). The zero-order valence-corrected chi connectivity index (χ0v) is 17.7. The molecule has 4 rings (SSSR count). The second kappa shape index (κ2) is 8.36. The molecule has 0 saturated heterocycles. The van der Waals surface area contributed by atoms with Gasteiger partial charge < -0.3 is 9.88 Å². The monoisotopic (exact) mass is 413 g/mol. The van der Waals surface area contributed by atoms with Crippen LogP contribution in [0.1, 0.15) is 15.9 Å². The number of rotatable bonds is 4. The minimum Gasteiger partial charge on any atom is -0.334 e. The van der Waals surface area contributed by atoms with Gasteiger partial charge in [-0.2, -0.15) is 0 Å². The van der Waals surface area contributed by atoms with Gasteiger partial charge in [-0.1, -0.05) is 22.6 Å². The molecule has 0 atom stereocenters. The summed E-state index contributed by atoms with van der Waals surface area (Å²) in [5.41, 5.74) is 1.69. The van der Waals surface area contributed by atoms with Gasteiger partial charge in [-0.3, -0.25) is 4.79 Å². The number of aryl methyl sites for hydroxylation is 1. The van der Waals surface area contributed by atoms with E-state index in [0.29, 0.717) is 5.52 Å².